The molecule has 0 aliphatic carbocycles. The Morgan fingerprint density at radius 1 is 1.38 bits per heavy atom. The third-order valence-electron chi connectivity index (χ3n) is 3.01. The molecular weight excluding hydrogens is 198 g/mol. The van der Waals surface area contributed by atoms with Crippen LogP contribution in [0.3, 0.4) is 0 Å². The van der Waals surface area contributed by atoms with Crippen LogP contribution < -0.4 is 5.73 Å². The van der Waals surface area contributed by atoms with E-state index in [4.69, 9.17) is 5.73 Å². The first-order valence-corrected chi connectivity index (χ1v) is 5.76. The molecule has 2 N–H and O–H groups in total. The van der Waals surface area contributed by atoms with Gasteiger partial charge in [0.2, 0.25) is 0 Å². The molecule has 3 nitrogen and oxygen atoms in total. The highest BCUT2D eigenvalue weighted by Crippen LogP contribution is 2.38. The molecule has 16 heavy (non-hydrogen) atoms. The zero-order valence-corrected chi connectivity index (χ0v) is 10.8. The van der Waals surface area contributed by atoms with Crippen molar-refractivity contribution < 1.29 is 0 Å². The molecule has 1 aromatic rings. The van der Waals surface area contributed by atoms with Gasteiger partial charge in [-0.15, -0.1) is 0 Å². The summed E-state index contributed by atoms with van der Waals surface area (Å²) in [7, 11) is 4.19. The van der Waals surface area contributed by atoms with Crippen molar-refractivity contribution in [2.75, 3.05) is 20.6 Å². The van der Waals surface area contributed by atoms with Crippen LogP contribution in [0.25, 0.3) is 0 Å². The number of hydrogen-bond acceptors (Lipinski definition) is 3. The zero-order valence-electron chi connectivity index (χ0n) is 10.8. The maximum absolute atomic E-state index is 5.69. The molecule has 0 fully saturated rings. The molecule has 0 aliphatic heterocycles. The lowest BCUT2D eigenvalue weighted by molar-refractivity contribution is 0.125. The molecule has 0 aromatic carbocycles. The van der Waals surface area contributed by atoms with Gasteiger partial charge in [0.1, 0.15) is 0 Å². The van der Waals surface area contributed by atoms with E-state index >= 15 is 0 Å². The second kappa shape index (κ2) is 5.41. The smallest absolute Gasteiger partial charge is 0.0580 e. The molecule has 1 rings (SSSR count). The maximum Gasteiger partial charge on any atom is 0.0580 e. The molecule has 0 radical (unpaired) electrons. The summed E-state index contributed by atoms with van der Waals surface area (Å²) in [6, 6.07) is 6.38. The van der Waals surface area contributed by atoms with E-state index in [0.29, 0.717) is 12.6 Å². The van der Waals surface area contributed by atoms with Gasteiger partial charge in [-0.1, -0.05) is 19.9 Å². The number of aromatic nitrogens is 1. The van der Waals surface area contributed by atoms with E-state index in [2.05, 4.69) is 43.9 Å². The Morgan fingerprint density at radius 2 is 2.06 bits per heavy atom. The van der Waals surface area contributed by atoms with Crippen LogP contribution >= 0.6 is 0 Å². The molecule has 0 amide bonds. The third-order valence-corrected chi connectivity index (χ3v) is 3.01. The summed E-state index contributed by atoms with van der Waals surface area (Å²) in [6.07, 6.45) is 2.84. The van der Waals surface area contributed by atoms with Crippen LogP contribution in [0.4, 0.5) is 0 Å². The van der Waals surface area contributed by atoms with Gasteiger partial charge in [-0.2, -0.15) is 0 Å². The minimum absolute atomic E-state index is 0.132. The monoisotopic (exact) mass is 221 g/mol. The topological polar surface area (TPSA) is 42.2 Å². The molecule has 1 heterocycles. The predicted octanol–water partition coefficient (Wildman–Crippen LogP) is 2.06. The highest BCUT2D eigenvalue weighted by Gasteiger charge is 2.32. The van der Waals surface area contributed by atoms with Gasteiger partial charge in [0.25, 0.3) is 0 Å². The lowest BCUT2D eigenvalue weighted by Crippen LogP contribution is -2.35. The van der Waals surface area contributed by atoms with Crippen molar-refractivity contribution in [1.82, 2.24) is 9.88 Å². The first kappa shape index (κ1) is 13.1. The molecule has 1 atom stereocenters. The van der Waals surface area contributed by atoms with Crippen molar-refractivity contribution in [2.45, 2.75) is 26.3 Å². The second-order valence-corrected chi connectivity index (χ2v) is 5.15. The summed E-state index contributed by atoms with van der Waals surface area (Å²) in [4.78, 5) is 6.69. The van der Waals surface area contributed by atoms with Crippen molar-refractivity contribution in [3.63, 3.8) is 0 Å². The van der Waals surface area contributed by atoms with Crippen LogP contribution in [0.5, 0.6) is 0 Å². The SMILES string of the molecule is CN(C)C(c1ccccn1)C(C)(C)CCN. The van der Waals surface area contributed by atoms with E-state index < -0.39 is 0 Å². The lowest BCUT2D eigenvalue weighted by atomic mass is 9.79. The molecule has 90 valence electrons. The Hall–Kier alpha value is -0.930. The Kier molecular flexibility index (Phi) is 4.44. The Bertz CT molecular complexity index is 306. The number of pyridine rings is 1. The lowest BCUT2D eigenvalue weighted by Gasteiger charge is -2.38. The molecule has 3 heteroatoms. The molecule has 0 saturated carbocycles. The van der Waals surface area contributed by atoms with Gasteiger partial charge < -0.3 is 10.6 Å². The average molecular weight is 221 g/mol. The minimum Gasteiger partial charge on any atom is -0.330 e. The van der Waals surface area contributed by atoms with Crippen molar-refractivity contribution >= 4 is 0 Å². The molecular formula is C13H23N3. The summed E-state index contributed by atoms with van der Waals surface area (Å²) < 4.78 is 0. The van der Waals surface area contributed by atoms with Crippen molar-refractivity contribution in [3.8, 4) is 0 Å². The third kappa shape index (κ3) is 3.03. The maximum atomic E-state index is 5.69. The van der Waals surface area contributed by atoms with Crippen molar-refractivity contribution in [2.24, 2.45) is 11.1 Å². The standard InChI is InChI=1S/C13H23N3/c1-13(2,8-9-14)12(16(3)4)11-7-5-6-10-15-11/h5-7,10,12H,8-9,14H2,1-4H3. The van der Waals surface area contributed by atoms with Gasteiger partial charge in [-0.3, -0.25) is 4.98 Å². The van der Waals surface area contributed by atoms with E-state index in [1.807, 2.05) is 18.3 Å². The fraction of sp³-hybridized carbons (Fsp3) is 0.615. The molecule has 0 aliphatic rings. The summed E-state index contributed by atoms with van der Waals surface area (Å²) in [6.45, 7) is 5.21. The van der Waals surface area contributed by atoms with E-state index in [0.717, 1.165) is 12.1 Å². The van der Waals surface area contributed by atoms with Gasteiger partial charge in [0, 0.05) is 6.20 Å². The quantitative estimate of drug-likeness (QED) is 0.827. The minimum atomic E-state index is 0.132. The van der Waals surface area contributed by atoms with Gasteiger partial charge in [-0.05, 0) is 44.6 Å². The fourth-order valence-electron chi connectivity index (χ4n) is 2.41. The largest absolute Gasteiger partial charge is 0.330 e. The van der Waals surface area contributed by atoms with E-state index in [1.54, 1.807) is 0 Å². The Morgan fingerprint density at radius 3 is 2.50 bits per heavy atom. The first-order valence-electron chi connectivity index (χ1n) is 5.76. The average Bonchev–Trinajstić information content (AvgIpc) is 2.17. The summed E-state index contributed by atoms with van der Waals surface area (Å²) >= 11 is 0. The van der Waals surface area contributed by atoms with Crippen LogP contribution in [0.15, 0.2) is 24.4 Å². The van der Waals surface area contributed by atoms with Gasteiger partial charge >= 0.3 is 0 Å². The number of nitrogens with zero attached hydrogens (tertiary/aromatic N) is 2. The van der Waals surface area contributed by atoms with Crippen LogP contribution in [0.2, 0.25) is 0 Å². The second-order valence-electron chi connectivity index (χ2n) is 5.15. The normalized spacial score (nSPS) is 14.1. The van der Waals surface area contributed by atoms with Crippen molar-refractivity contribution in [3.05, 3.63) is 30.1 Å². The van der Waals surface area contributed by atoms with E-state index in [1.165, 1.54) is 0 Å². The van der Waals surface area contributed by atoms with Gasteiger partial charge in [-0.25, -0.2) is 0 Å². The Balaban J connectivity index is 3.00. The zero-order chi connectivity index (χ0) is 12.2. The van der Waals surface area contributed by atoms with E-state index in [9.17, 15) is 0 Å². The highest BCUT2D eigenvalue weighted by molar-refractivity contribution is 5.12. The van der Waals surface area contributed by atoms with Gasteiger partial charge in [0.15, 0.2) is 0 Å². The van der Waals surface area contributed by atoms with Crippen LogP contribution in [0, 0.1) is 5.41 Å². The summed E-state index contributed by atoms with van der Waals surface area (Å²) in [5.74, 6) is 0. The number of nitrogens with two attached hydrogens (primary N) is 1. The highest BCUT2D eigenvalue weighted by atomic mass is 15.1. The van der Waals surface area contributed by atoms with Gasteiger partial charge in [0.05, 0.1) is 11.7 Å². The van der Waals surface area contributed by atoms with E-state index in [-0.39, 0.29) is 5.41 Å². The predicted molar refractivity (Wildman–Crippen MR) is 68.1 cm³/mol. The molecule has 0 saturated heterocycles. The molecule has 1 unspecified atom stereocenters. The first-order chi connectivity index (χ1) is 7.49. The van der Waals surface area contributed by atoms with Crippen LogP contribution in [-0.4, -0.2) is 30.5 Å². The number of rotatable bonds is 5. The summed E-state index contributed by atoms with van der Waals surface area (Å²) in [5, 5.41) is 0. The Labute approximate surface area is 98.7 Å². The van der Waals surface area contributed by atoms with Crippen molar-refractivity contribution in [1.29, 1.82) is 0 Å². The van der Waals surface area contributed by atoms with Crippen LogP contribution in [0.1, 0.15) is 32.0 Å². The fourth-order valence-corrected chi connectivity index (χ4v) is 2.41. The van der Waals surface area contributed by atoms with Crippen LogP contribution in [-0.2, 0) is 0 Å². The number of hydrogen-bond donors (Lipinski definition) is 1. The molecule has 0 bridgehead atoms. The molecule has 0 spiro atoms. The summed E-state index contributed by atoms with van der Waals surface area (Å²) in [5.41, 5.74) is 6.94. The molecule has 1 aromatic heterocycles.